The monoisotopic (exact) mass is 459 g/mol. The molecule has 0 fully saturated rings. The normalized spacial score (nSPS) is 13.2. The third-order valence-corrected chi connectivity index (χ3v) is 5.55. The summed E-state index contributed by atoms with van der Waals surface area (Å²) in [7, 11) is 4.07. The second-order valence-corrected chi connectivity index (χ2v) is 8.51. The molecule has 6 nitrogen and oxygen atoms in total. The van der Waals surface area contributed by atoms with Crippen LogP contribution >= 0.6 is 11.6 Å². The molecule has 1 aliphatic rings. The lowest BCUT2D eigenvalue weighted by atomic mass is 10.00. The van der Waals surface area contributed by atoms with Crippen LogP contribution in [0.5, 0.6) is 17.4 Å². The van der Waals surface area contributed by atoms with Gasteiger partial charge in [0.15, 0.2) is 17.4 Å². The summed E-state index contributed by atoms with van der Waals surface area (Å²) in [5.74, 6) is 1.21. The zero-order chi connectivity index (χ0) is 22.9. The smallest absolute Gasteiger partial charge is 0.199 e. The maximum Gasteiger partial charge on any atom is 0.199 e. The second kappa shape index (κ2) is 8.65. The van der Waals surface area contributed by atoms with Gasteiger partial charge in [0, 0.05) is 22.5 Å². The third kappa shape index (κ3) is 4.31. The van der Waals surface area contributed by atoms with Gasteiger partial charge in [0.25, 0.3) is 0 Å². The number of nitrogens with zero attached hydrogens (tertiary/aromatic N) is 2. The van der Waals surface area contributed by atoms with Crippen LogP contribution in [0.1, 0.15) is 16.7 Å². The molecule has 33 heavy (non-hydrogen) atoms. The number of benzene rings is 3. The Labute approximate surface area is 196 Å². The third-order valence-electron chi connectivity index (χ3n) is 5.32. The Kier molecular flexibility index (Phi) is 5.54. The zero-order valence-corrected chi connectivity index (χ0v) is 18.9. The van der Waals surface area contributed by atoms with Crippen LogP contribution in [0.25, 0.3) is 10.9 Å². The number of hydrogen-bond acceptors (Lipinski definition) is 5. The minimum atomic E-state index is 0.0185. The van der Waals surface area contributed by atoms with Crippen molar-refractivity contribution in [2.24, 2.45) is 4.99 Å². The molecule has 0 saturated carbocycles. The van der Waals surface area contributed by atoms with Gasteiger partial charge < -0.3 is 24.5 Å². The Morgan fingerprint density at radius 2 is 1.73 bits per heavy atom. The summed E-state index contributed by atoms with van der Waals surface area (Å²) in [4.78, 5) is 10.1. The minimum absolute atomic E-state index is 0.0185. The van der Waals surface area contributed by atoms with Crippen molar-refractivity contribution in [3.8, 4) is 17.4 Å². The van der Waals surface area contributed by atoms with Gasteiger partial charge in [-0.3, -0.25) is 0 Å². The number of aliphatic imine (C=N–C) groups is 1. The summed E-state index contributed by atoms with van der Waals surface area (Å²) < 4.78 is 11.1. The fraction of sp³-hybridized carbons (Fsp3) is 0.115. The first-order valence-corrected chi connectivity index (χ1v) is 10.8. The van der Waals surface area contributed by atoms with Crippen LogP contribution in [0, 0.1) is 0 Å². The molecule has 7 heteroatoms. The summed E-state index contributed by atoms with van der Waals surface area (Å²) in [6, 6.07) is 19.1. The van der Waals surface area contributed by atoms with Crippen molar-refractivity contribution in [3.05, 3.63) is 94.9 Å². The molecule has 0 aliphatic carbocycles. The maximum absolute atomic E-state index is 10.9. The number of aromatic nitrogens is 1. The van der Waals surface area contributed by atoms with Crippen molar-refractivity contribution in [3.63, 3.8) is 0 Å². The van der Waals surface area contributed by atoms with Gasteiger partial charge in [0.2, 0.25) is 0 Å². The Hall–Kier alpha value is -3.74. The summed E-state index contributed by atoms with van der Waals surface area (Å²) in [6.07, 6.45) is 2.97. The molecule has 0 amide bonds. The van der Waals surface area contributed by atoms with Crippen LogP contribution in [0.3, 0.4) is 0 Å². The van der Waals surface area contributed by atoms with Gasteiger partial charge in [-0.25, -0.2) is 4.99 Å². The van der Waals surface area contributed by atoms with E-state index in [4.69, 9.17) is 26.1 Å². The largest absolute Gasteiger partial charge is 0.494 e. The number of halogens is 1. The van der Waals surface area contributed by atoms with Crippen LogP contribution in [0.4, 0.5) is 5.69 Å². The maximum atomic E-state index is 10.9. The number of H-pyrrole nitrogens is 1. The van der Waals surface area contributed by atoms with Gasteiger partial charge in [-0.05, 0) is 62.1 Å². The van der Waals surface area contributed by atoms with E-state index in [1.165, 1.54) is 18.1 Å². The Morgan fingerprint density at radius 3 is 2.48 bits per heavy atom. The molecule has 0 saturated heterocycles. The number of aromatic hydroxyl groups is 1. The van der Waals surface area contributed by atoms with Crippen molar-refractivity contribution in [1.82, 2.24) is 9.88 Å². The molecule has 2 N–H and O–H groups in total. The van der Waals surface area contributed by atoms with Crippen molar-refractivity contribution in [2.45, 2.75) is 6.54 Å². The van der Waals surface area contributed by atoms with E-state index < -0.39 is 0 Å². The van der Waals surface area contributed by atoms with E-state index in [1.807, 2.05) is 50.5 Å². The molecule has 0 bridgehead atoms. The molecule has 1 aromatic heterocycles. The second-order valence-electron chi connectivity index (χ2n) is 8.07. The fourth-order valence-corrected chi connectivity index (χ4v) is 4.05. The van der Waals surface area contributed by atoms with E-state index in [2.05, 4.69) is 22.0 Å². The molecule has 166 valence electrons. The summed E-state index contributed by atoms with van der Waals surface area (Å²) in [6.45, 7) is 0.844. The average molecular weight is 460 g/mol. The topological polar surface area (TPSA) is 70.1 Å². The number of aromatic amines is 1. The first-order chi connectivity index (χ1) is 16.0. The van der Waals surface area contributed by atoms with Crippen molar-refractivity contribution in [1.29, 1.82) is 0 Å². The van der Waals surface area contributed by atoms with E-state index in [0.717, 1.165) is 28.7 Å². The quantitative estimate of drug-likeness (QED) is 0.359. The Balaban J connectivity index is 1.67. The molecular weight excluding hydrogens is 438 g/mol. The fourth-order valence-electron chi connectivity index (χ4n) is 3.88. The molecule has 2 heterocycles. The van der Waals surface area contributed by atoms with Gasteiger partial charge >= 0.3 is 0 Å². The highest BCUT2D eigenvalue weighted by molar-refractivity contribution is 6.31. The highest BCUT2D eigenvalue weighted by Gasteiger charge is 2.21. The van der Waals surface area contributed by atoms with Gasteiger partial charge in [-0.2, -0.15) is 0 Å². The summed E-state index contributed by atoms with van der Waals surface area (Å²) >= 11 is 6.16. The molecule has 3 aromatic carbocycles. The predicted octanol–water partition coefficient (Wildman–Crippen LogP) is 6.00. The molecular formula is C26H22ClN3O3. The molecule has 5 rings (SSSR count). The van der Waals surface area contributed by atoms with Crippen LogP contribution in [0.2, 0.25) is 5.02 Å². The van der Waals surface area contributed by atoms with Crippen LogP contribution < -0.4 is 9.47 Å². The first-order valence-electron chi connectivity index (χ1n) is 10.4. The highest BCUT2D eigenvalue weighted by Crippen LogP contribution is 2.36. The average Bonchev–Trinajstić information content (AvgIpc) is 3.12. The number of ether oxygens (including phenoxy) is 2. The van der Waals surface area contributed by atoms with Crippen LogP contribution in [-0.4, -0.2) is 34.8 Å². The molecule has 1 aliphatic heterocycles. The SMILES string of the molecule is CN(C)Cc1ccc(N=C(c2ccc3c(c2)OC=CO3)c2c(O)[nH]c3cc(Cl)ccc23)cc1. The Morgan fingerprint density at radius 1 is 0.970 bits per heavy atom. The standard InChI is InChI=1S/C26H22ClN3O3/c1-30(2)15-16-3-7-19(8-4-16)28-25(17-5-10-22-23(13-17)33-12-11-32-22)24-20-9-6-18(27)14-21(20)29-26(24)31/h3-14,29,31H,15H2,1-2H3. The molecule has 0 radical (unpaired) electrons. The van der Waals surface area contributed by atoms with Gasteiger partial charge in [0.05, 0.1) is 22.5 Å². The lowest BCUT2D eigenvalue weighted by Crippen LogP contribution is -2.10. The highest BCUT2D eigenvalue weighted by atomic mass is 35.5. The molecule has 0 unspecified atom stereocenters. The summed E-state index contributed by atoms with van der Waals surface area (Å²) in [5.41, 5.74) is 4.65. The first kappa shape index (κ1) is 21.1. The van der Waals surface area contributed by atoms with E-state index in [9.17, 15) is 5.11 Å². The van der Waals surface area contributed by atoms with E-state index in [0.29, 0.717) is 27.8 Å². The molecule has 4 aromatic rings. The lowest BCUT2D eigenvalue weighted by molar-refractivity contribution is 0.361. The number of fused-ring (bicyclic) bond motifs is 2. The molecule has 0 spiro atoms. The number of nitrogens with one attached hydrogen (secondary N) is 1. The van der Waals surface area contributed by atoms with Gasteiger partial charge in [-0.1, -0.05) is 29.8 Å². The van der Waals surface area contributed by atoms with E-state index >= 15 is 0 Å². The van der Waals surface area contributed by atoms with Crippen LogP contribution in [0.15, 0.2) is 78.2 Å². The van der Waals surface area contributed by atoms with E-state index in [1.54, 1.807) is 12.1 Å². The van der Waals surface area contributed by atoms with E-state index in [-0.39, 0.29) is 5.88 Å². The van der Waals surface area contributed by atoms with Gasteiger partial charge in [-0.15, -0.1) is 0 Å². The van der Waals surface area contributed by atoms with Crippen molar-refractivity contribution in [2.75, 3.05) is 14.1 Å². The summed E-state index contributed by atoms with van der Waals surface area (Å²) in [5, 5.41) is 12.3. The van der Waals surface area contributed by atoms with Crippen molar-refractivity contribution < 1.29 is 14.6 Å². The minimum Gasteiger partial charge on any atom is -0.494 e. The van der Waals surface area contributed by atoms with Crippen molar-refractivity contribution >= 4 is 33.9 Å². The van der Waals surface area contributed by atoms with Crippen LogP contribution in [-0.2, 0) is 6.54 Å². The number of rotatable bonds is 5. The lowest BCUT2D eigenvalue weighted by Gasteiger charge is -2.15. The zero-order valence-electron chi connectivity index (χ0n) is 18.2. The predicted molar refractivity (Wildman–Crippen MR) is 131 cm³/mol. The molecule has 0 atom stereocenters. The van der Waals surface area contributed by atoms with Gasteiger partial charge in [0.1, 0.15) is 12.5 Å². The Bertz CT molecular complexity index is 1390. The number of hydrogen-bond donors (Lipinski definition) is 2.